The lowest BCUT2D eigenvalue weighted by Crippen LogP contribution is -2.52. The summed E-state index contributed by atoms with van der Waals surface area (Å²) in [6.07, 6.45) is -4.35. The van der Waals surface area contributed by atoms with Crippen LogP contribution in [0.1, 0.15) is 19.4 Å². The van der Waals surface area contributed by atoms with Crippen molar-refractivity contribution in [2.75, 3.05) is 50.7 Å². The van der Waals surface area contributed by atoms with Crippen molar-refractivity contribution in [3.63, 3.8) is 0 Å². The van der Waals surface area contributed by atoms with Gasteiger partial charge in [0.1, 0.15) is 6.54 Å². The summed E-state index contributed by atoms with van der Waals surface area (Å²) in [6.45, 7) is 7.43. The lowest BCUT2D eigenvalue weighted by Gasteiger charge is -2.37. The molecule has 1 aliphatic heterocycles. The molecule has 0 saturated carbocycles. The highest BCUT2D eigenvalue weighted by molar-refractivity contribution is 14.0. The number of piperazine rings is 1. The molecule has 6 nitrogen and oxygen atoms in total. The van der Waals surface area contributed by atoms with Gasteiger partial charge in [-0.3, -0.25) is 4.79 Å². The third-order valence-electron chi connectivity index (χ3n) is 4.20. The van der Waals surface area contributed by atoms with Crippen molar-refractivity contribution in [2.24, 2.45) is 4.99 Å². The van der Waals surface area contributed by atoms with Crippen molar-refractivity contribution in [3.8, 4) is 0 Å². The summed E-state index contributed by atoms with van der Waals surface area (Å²) in [5.41, 5.74) is -0.0759. The van der Waals surface area contributed by atoms with Gasteiger partial charge in [-0.15, -0.1) is 24.0 Å². The molecule has 1 heterocycles. The molecule has 0 spiro atoms. The highest BCUT2D eigenvalue weighted by Crippen LogP contribution is 2.31. The van der Waals surface area contributed by atoms with Crippen LogP contribution in [0.5, 0.6) is 0 Å². The van der Waals surface area contributed by atoms with Gasteiger partial charge in [0.05, 0.1) is 5.56 Å². The van der Waals surface area contributed by atoms with Crippen LogP contribution < -0.4 is 15.5 Å². The zero-order valence-corrected chi connectivity index (χ0v) is 18.4. The fraction of sp³-hybridized carbons (Fsp3) is 0.556. The van der Waals surface area contributed by atoms with Crippen molar-refractivity contribution in [3.05, 3.63) is 29.8 Å². The minimum absolute atomic E-state index is 0. The minimum Gasteiger partial charge on any atom is -0.368 e. The van der Waals surface area contributed by atoms with E-state index in [2.05, 4.69) is 15.6 Å². The number of anilines is 1. The number of hydrogen-bond acceptors (Lipinski definition) is 3. The second-order valence-corrected chi connectivity index (χ2v) is 6.15. The van der Waals surface area contributed by atoms with Crippen LogP contribution in [0.15, 0.2) is 29.3 Å². The van der Waals surface area contributed by atoms with Gasteiger partial charge in [-0.1, -0.05) is 6.07 Å². The normalized spacial score (nSPS) is 15.1. The van der Waals surface area contributed by atoms with E-state index in [-0.39, 0.29) is 36.4 Å². The second kappa shape index (κ2) is 11.3. The average Bonchev–Trinajstić information content (AvgIpc) is 2.65. The summed E-state index contributed by atoms with van der Waals surface area (Å²) < 4.78 is 38.7. The molecular weight excluding hydrogens is 486 g/mol. The molecule has 2 rings (SSSR count). The summed E-state index contributed by atoms with van der Waals surface area (Å²) in [7, 11) is 0. The van der Waals surface area contributed by atoms with Crippen LogP contribution in [-0.4, -0.2) is 62.6 Å². The predicted molar refractivity (Wildman–Crippen MR) is 115 cm³/mol. The topological polar surface area (TPSA) is 60.0 Å². The summed E-state index contributed by atoms with van der Waals surface area (Å²) in [4.78, 5) is 19.9. The van der Waals surface area contributed by atoms with Gasteiger partial charge in [0.25, 0.3) is 0 Å². The fourth-order valence-corrected chi connectivity index (χ4v) is 2.88. The van der Waals surface area contributed by atoms with E-state index in [1.807, 2.05) is 23.6 Å². The third kappa shape index (κ3) is 7.02. The number of alkyl halides is 3. The lowest BCUT2D eigenvalue weighted by atomic mass is 10.1. The molecule has 0 aliphatic carbocycles. The monoisotopic (exact) mass is 513 g/mol. The molecule has 28 heavy (non-hydrogen) atoms. The molecule has 0 radical (unpaired) electrons. The van der Waals surface area contributed by atoms with Gasteiger partial charge in [0.2, 0.25) is 5.91 Å². The van der Waals surface area contributed by atoms with Gasteiger partial charge >= 0.3 is 6.18 Å². The number of nitrogens with one attached hydrogen (secondary N) is 2. The second-order valence-electron chi connectivity index (χ2n) is 6.15. The Balaban J connectivity index is 0.00000392. The maximum atomic E-state index is 12.9. The molecule has 10 heteroatoms. The number of halogens is 4. The smallest absolute Gasteiger partial charge is 0.368 e. The molecule has 158 valence electrons. The number of carbonyl (C=O) groups is 1. The van der Waals surface area contributed by atoms with Gasteiger partial charge in [-0.05, 0) is 32.0 Å². The molecule has 1 aliphatic rings. The Kier molecular flexibility index (Phi) is 9.83. The first-order valence-corrected chi connectivity index (χ1v) is 9.07. The van der Waals surface area contributed by atoms with Crippen LogP contribution in [0.25, 0.3) is 0 Å². The number of likely N-dealkylation sites (N-methyl/N-ethyl adjacent to an activating group) is 1. The summed E-state index contributed by atoms with van der Waals surface area (Å²) >= 11 is 0. The summed E-state index contributed by atoms with van der Waals surface area (Å²) in [5, 5.41) is 5.86. The van der Waals surface area contributed by atoms with E-state index in [1.54, 1.807) is 6.07 Å². The Labute approximate surface area is 180 Å². The van der Waals surface area contributed by atoms with Crippen molar-refractivity contribution in [2.45, 2.75) is 20.0 Å². The number of nitrogens with zero attached hydrogens (tertiary/aromatic N) is 3. The van der Waals surface area contributed by atoms with E-state index >= 15 is 0 Å². The van der Waals surface area contributed by atoms with Gasteiger partial charge in [-0.2, -0.15) is 13.2 Å². The molecule has 1 fully saturated rings. The highest BCUT2D eigenvalue weighted by atomic mass is 127. The van der Waals surface area contributed by atoms with E-state index in [1.165, 1.54) is 12.1 Å². The first-order chi connectivity index (χ1) is 12.8. The molecule has 2 N–H and O–H groups in total. The Hall–Kier alpha value is -1.72. The molecule has 1 aromatic rings. The SMILES string of the molecule is CCNC(=O)CN=C(NCC)N1CCN(c2cccc(C(F)(F)F)c2)CC1.I. The Morgan fingerprint density at radius 1 is 1.11 bits per heavy atom. The van der Waals surface area contributed by atoms with E-state index in [9.17, 15) is 18.0 Å². The number of carbonyl (C=O) groups excluding carboxylic acids is 1. The first kappa shape index (κ1) is 24.3. The quantitative estimate of drug-likeness (QED) is 0.361. The average molecular weight is 513 g/mol. The van der Waals surface area contributed by atoms with Crippen molar-refractivity contribution in [1.29, 1.82) is 0 Å². The zero-order chi connectivity index (χ0) is 19.9. The third-order valence-corrected chi connectivity index (χ3v) is 4.20. The lowest BCUT2D eigenvalue weighted by molar-refractivity contribution is -0.137. The summed E-state index contributed by atoms with van der Waals surface area (Å²) in [5.74, 6) is 0.503. The minimum atomic E-state index is -4.35. The molecule has 1 saturated heterocycles. The van der Waals surface area contributed by atoms with Crippen LogP contribution in [0.2, 0.25) is 0 Å². The maximum Gasteiger partial charge on any atom is 0.416 e. The van der Waals surface area contributed by atoms with E-state index in [0.29, 0.717) is 50.9 Å². The van der Waals surface area contributed by atoms with Gasteiger partial charge < -0.3 is 20.4 Å². The van der Waals surface area contributed by atoms with E-state index < -0.39 is 11.7 Å². The van der Waals surface area contributed by atoms with Crippen LogP contribution in [0, 0.1) is 0 Å². The number of rotatable bonds is 5. The standard InChI is InChI=1S/C18H26F3N5O.HI/c1-3-22-16(27)13-24-17(23-4-2)26-10-8-25(9-11-26)15-7-5-6-14(12-15)18(19,20)21;/h5-7,12H,3-4,8-11,13H2,1-2H3,(H,22,27)(H,23,24);1H. The summed E-state index contributed by atoms with van der Waals surface area (Å²) in [6, 6.07) is 5.39. The molecule has 1 aromatic carbocycles. The number of amides is 1. The van der Waals surface area contributed by atoms with Crippen LogP contribution in [-0.2, 0) is 11.0 Å². The molecule has 0 bridgehead atoms. The van der Waals surface area contributed by atoms with Crippen LogP contribution in [0.4, 0.5) is 18.9 Å². The Morgan fingerprint density at radius 3 is 2.32 bits per heavy atom. The number of hydrogen-bond donors (Lipinski definition) is 2. The number of benzene rings is 1. The fourth-order valence-electron chi connectivity index (χ4n) is 2.88. The largest absolute Gasteiger partial charge is 0.416 e. The van der Waals surface area contributed by atoms with Crippen LogP contribution >= 0.6 is 24.0 Å². The predicted octanol–water partition coefficient (Wildman–Crippen LogP) is 2.55. The van der Waals surface area contributed by atoms with E-state index in [4.69, 9.17) is 0 Å². The highest BCUT2D eigenvalue weighted by Gasteiger charge is 2.31. The Morgan fingerprint density at radius 2 is 1.75 bits per heavy atom. The zero-order valence-electron chi connectivity index (χ0n) is 16.1. The molecule has 1 amide bonds. The van der Waals surface area contributed by atoms with Gasteiger partial charge in [0.15, 0.2) is 5.96 Å². The van der Waals surface area contributed by atoms with Gasteiger partial charge in [-0.25, -0.2) is 4.99 Å². The number of aliphatic imine (C=N–C) groups is 1. The van der Waals surface area contributed by atoms with Crippen LogP contribution in [0.3, 0.4) is 0 Å². The maximum absolute atomic E-state index is 12.9. The first-order valence-electron chi connectivity index (χ1n) is 9.07. The number of guanidine groups is 1. The molecule has 0 atom stereocenters. The van der Waals surface area contributed by atoms with Crippen molar-refractivity contribution >= 4 is 41.5 Å². The van der Waals surface area contributed by atoms with E-state index in [0.717, 1.165) is 6.07 Å². The molecular formula is C18H27F3IN5O. The van der Waals surface area contributed by atoms with Crippen molar-refractivity contribution in [1.82, 2.24) is 15.5 Å². The van der Waals surface area contributed by atoms with Crippen molar-refractivity contribution < 1.29 is 18.0 Å². The van der Waals surface area contributed by atoms with Gasteiger partial charge in [0, 0.05) is 45.0 Å². The Bertz CT molecular complexity index is 661. The molecule has 0 unspecified atom stereocenters. The molecule has 0 aromatic heterocycles.